The van der Waals surface area contributed by atoms with Crippen LogP contribution in [0.4, 0.5) is 16.4 Å². The number of nitrogens with zero attached hydrogens (tertiary/aromatic N) is 2. The van der Waals surface area contributed by atoms with Gasteiger partial charge >= 0.3 is 5.00 Å². The van der Waals surface area contributed by atoms with Gasteiger partial charge in [-0.05, 0) is 37.5 Å². The molecule has 7 heteroatoms. The highest BCUT2D eigenvalue weighted by molar-refractivity contribution is 7.17. The number of anilines is 2. The maximum Gasteiger partial charge on any atom is 0.324 e. The summed E-state index contributed by atoms with van der Waals surface area (Å²) in [7, 11) is 0. The van der Waals surface area contributed by atoms with Gasteiger partial charge in [0.2, 0.25) is 0 Å². The summed E-state index contributed by atoms with van der Waals surface area (Å²) in [5.74, 6) is -0.312. The molecule has 1 aromatic heterocycles. The number of piperidine rings is 1. The number of rotatable bonds is 4. The molecule has 3 rings (SSSR count). The summed E-state index contributed by atoms with van der Waals surface area (Å²) < 4.78 is 0. The number of hydrogen-bond acceptors (Lipinski definition) is 5. The average Bonchev–Trinajstić information content (AvgIpc) is 3.07. The van der Waals surface area contributed by atoms with E-state index >= 15 is 0 Å². The van der Waals surface area contributed by atoms with Crippen molar-refractivity contribution in [2.24, 2.45) is 0 Å². The third-order valence-corrected chi connectivity index (χ3v) is 4.88. The first kappa shape index (κ1) is 15.5. The summed E-state index contributed by atoms with van der Waals surface area (Å²) in [6.45, 7) is 1.97. The Hall–Kier alpha value is -2.41. The van der Waals surface area contributed by atoms with Crippen LogP contribution in [0.2, 0.25) is 0 Å². The Kier molecular flexibility index (Phi) is 4.57. The lowest BCUT2D eigenvalue weighted by Gasteiger charge is -2.30. The number of nitro groups is 1. The van der Waals surface area contributed by atoms with E-state index in [9.17, 15) is 14.9 Å². The zero-order chi connectivity index (χ0) is 16.2. The van der Waals surface area contributed by atoms with Crippen molar-refractivity contribution >= 4 is 33.6 Å². The van der Waals surface area contributed by atoms with Gasteiger partial charge in [0.25, 0.3) is 5.91 Å². The van der Waals surface area contributed by atoms with Crippen LogP contribution in [-0.4, -0.2) is 23.9 Å². The lowest BCUT2D eigenvalue weighted by molar-refractivity contribution is -0.380. The van der Waals surface area contributed by atoms with Crippen molar-refractivity contribution < 1.29 is 9.72 Å². The molecule has 1 aliphatic rings. The molecule has 1 fully saturated rings. The van der Waals surface area contributed by atoms with Crippen molar-refractivity contribution in [2.75, 3.05) is 23.3 Å². The minimum Gasteiger partial charge on any atom is -0.370 e. The van der Waals surface area contributed by atoms with Crippen molar-refractivity contribution in [1.82, 2.24) is 0 Å². The molecule has 1 N–H and O–H groups in total. The Morgan fingerprint density at radius 1 is 1.13 bits per heavy atom. The number of carbonyl (C=O) groups is 1. The predicted molar refractivity (Wildman–Crippen MR) is 91.4 cm³/mol. The van der Waals surface area contributed by atoms with Gasteiger partial charge in [-0.3, -0.25) is 14.9 Å². The highest BCUT2D eigenvalue weighted by Crippen LogP contribution is 2.30. The van der Waals surface area contributed by atoms with E-state index < -0.39 is 4.92 Å². The quantitative estimate of drug-likeness (QED) is 0.681. The van der Waals surface area contributed by atoms with Crippen LogP contribution < -0.4 is 10.2 Å². The third-order valence-electron chi connectivity index (χ3n) is 3.84. The fourth-order valence-electron chi connectivity index (χ4n) is 2.72. The first-order valence-corrected chi connectivity index (χ1v) is 8.36. The molecule has 1 aromatic carbocycles. The Morgan fingerprint density at radius 2 is 1.87 bits per heavy atom. The molecule has 1 saturated heterocycles. The van der Waals surface area contributed by atoms with Crippen LogP contribution in [0.1, 0.15) is 28.9 Å². The van der Waals surface area contributed by atoms with Crippen LogP contribution >= 0.6 is 11.3 Å². The van der Waals surface area contributed by atoms with Crippen molar-refractivity contribution in [3.63, 3.8) is 0 Å². The fourth-order valence-corrected chi connectivity index (χ4v) is 3.44. The first-order valence-electron chi connectivity index (χ1n) is 7.55. The number of para-hydroxylation sites is 2. The van der Waals surface area contributed by atoms with Crippen LogP contribution in [0.3, 0.4) is 0 Å². The molecule has 0 unspecified atom stereocenters. The summed E-state index contributed by atoms with van der Waals surface area (Å²) in [5, 5.41) is 13.6. The molecular weight excluding hydrogens is 314 g/mol. The normalized spacial score (nSPS) is 14.5. The van der Waals surface area contributed by atoms with Crippen LogP contribution in [0, 0.1) is 10.1 Å². The van der Waals surface area contributed by atoms with E-state index in [4.69, 9.17) is 0 Å². The summed E-state index contributed by atoms with van der Waals surface area (Å²) in [4.78, 5) is 25.2. The average molecular weight is 331 g/mol. The second-order valence-electron chi connectivity index (χ2n) is 5.41. The van der Waals surface area contributed by atoms with Gasteiger partial charge in [-0.2, -0.15) is 0 Å². The number of nitrogens with one attached hydrogen (secondary N) is 1. The summed E-state index contributed by atoms with van der Waals surface area (Å²) in [5.41, 5.74) is 1.75. The highest BCUT2D eigenvalue weighted by Gasteiger charge is 2.18. The minimum atomic E-state index is -0.483. The molecule has 0 spiro atoms. The zero-order valence-corrected chi connectivity index (χ0v) is 13.3. The van der Waals surface area contributed by atoms with E-state index in [1.807, 2.05) is 24.3 Å². The molecule has 0 atom stereocenters. The van der Waals surface area contributed by atoms with Crippen LogP contribution in [0.15, 0.2) is 36.4 Å². The van der Waals surface area contributed by atoms with Gasteiger partial charge in [0, 0.05) is 19.2 Å². The number of benzene rings is 1. The molecular formula is C16H17N3O3S. The van der Waals surface area contributed by atoms with Gasteiger partial charge in [-0.25, -0.2) is 0 Å². The Morgan fingerprint density at radius 3 is 2.57 bits per heavy atom. The van der Waals surface area contributed by atoms with Gasteiger partial charge in [-0.15, -0.1) is 0 Å². The Labute approximate surface area is 137 Å². The summed E-state index contributed by atoms with van der Waals surface area (Å²) >= 11 is 0.885. The number of carbonyl (C=O) groups excluding carboxylic acids is 1. The molecule has 1 aliphatic heterocycles. The van der Waals surface area contributed by atoms with Gasteiger partial charge in [0.05, 0.1) is 21.2 Å². The monoisotopic (exact) mass is 331 g/mol. The molecule has 2 heterocycles. The van der Waals surface area contributed by atoms with Crippen molar-refractivity contribution in [3.8, 4) is 0 Å². The maximum atomic E-state index is 12.3. The van der Waals surface area contributed by atoms with Crippen molar-refractivity contribution in [3.05, 3.63) is 51.4 Å². The topological polar surface area (TPSA) is 75.5 Å². The number of amides is 1. The fraction of sp³-hybridized carbons (Fsp3) is 0.312. The molecule has 0 aliphatic carbocycles. The lowest BCUT2D eigenvalue weighted by Crippen LogP contribution is -2.30. The van der Waals surface area contributed by atoms with E-state index in [2.05, 4.69) is 10.2 Å². The largest absolute Gasteiger partial charge is 0.370 e. The van der Waals surface area contributed by atoms with Crippen LogP contribution in [0.5, 0.6) is 0 Å². The Balaban J connectivity index is 1.79. The van der Waals surface area contributed by atoms with Crippen molar-refractivity contribution in [1.29, 1.82) is 0 Å². The van der Waals surface area contributed by atoms with Crippen molar-refractivity contribution in [2.45, 2.75) is 19.3 Å². The number of thiophene rings is 1. The molecule has 2 aromatic rings. The molecule has 1 amide bonds. The van der Waals surface area contributed by atoms with E-state index in [0.29, 0.717) is 4.88 Å². The standard InChI is InChI=1S/C16H17N3O3S/c20-16(14-8-9-15(23-14)19(21)22)17-12-6-2-3-7-13(12)18-10-4-1-5-11-18/h2-3,6-9H,1,4-5,10-11H2,(H,17,20). The van der Waals surface area contributed by atoms with E-state index in [0.717, 1.165) is 48.6 Å². The smallest absolute Gasteiger partial charge is 0.324 e. The second-order valence-corrected chi connectivity index (χ2v) is 6.48. The van der Waals surface area contributed by atoms with Gasteiger partial charge in [-0.1, -0.05) is 23.5 Å². The van der Waals surface area contributed by atoms with E-state index in [1.165, 1.54) is 18.6 Å². The highest BCUT2D eigenvalue weighted by atomic mass is 32.1. The summed E-state index contributed by atoms with van der Waals surface area (Å²) in [6.07, 6.45) is 3.54. The van der Waals surface area contributed by atoms with E-state index in [1.54, 1.807) is 0 Å². The predicted octanol–water partition coefficient (Wildman–Crippen LogP) is 3.90. The Bertz CT molecular complexity index is 723. The molecule has 0 bridgehead atoms. The van der Waals surface area contributed by atoms with Crippen LogP contribution in [-0.2, 0) is 0 Å². The molecule has 6 nitrogen and oxygen atoms in total. The SMILES string of the molecule is O=C(Nc1ccccc1N1CCCCC1)c1ccc([N+](=O)[O-])s1. The maximum absolute atomic E-state index is 12.3. The molecule has 120 valence electrons. The second kappa shape index (κ2) is 6.78. The molecule has 0 saturated carbocycles. The van der Waals surface area contributed by atoms with Crippen LogP contribution in [0.25, 0.3) is 0 Å². The third kappa shape index (κ3) is 3.50. The van der Waals surface area contributed by atoms with E-state index in [-0.39, 0.29) is 10.9 Å². The molecule has 23 heavy (non-hydrogen) atoms. The number of hydrogen-bond donors (Lipinski definition) is 1. The van der Waals surface area contributed by atoms with Gasteiger partial charge in [0.1, 0.15) is 0 Å². The molecule has 0 radical (unpaired) electrons. The first-order chi connectivity index (χ1) is 11.1. The minimum absolute atomic E-state index is 0.0283. The zero-order valence-electron chi connectivity index (χ0n) is 12.5. The van der Waals surface area contributed by atoms with Gasteiger partial charge in [0.15, 0.2) is 0 Å². The summed E-state index contributed by atoms with van der Waals surface area (Å²) in [6, 6.07) is 10.5. The van der Waals surface area contributed by atoms with Gasteiger partial charge < -0.3 is 10.2 Å². The lowest BCUT2D eigenvalue weighted by atomic mass is 10.1.